The van der Waals surface area contributed by atoms with Crippen molar-refractivity contribution < 1.29 is 14.7 Å². The van der Waals surface area contributed by atoms with Crippen molar-refractivity contribution in [2.45, 2.75) is 12.3 Å². The van der Waals surface area contributed by atoms with Gasteiger partial charge in [-0.05, 0) is 35.7 Å². The van der Waals surface area contributed by atoms with E-state index in [0.29, 0.717) is 17.5 Å². The second kappa shape index (κ2) is 5.57. The van der Waals surface area contributed by atoms with Gasteiger partial charge in [-0.3, -0.25) is 20.3 Å². The number of nitrogens with two attached hydrogens (primary N) is 1. The lowest BCUT2D eigenvalue weighted by atomic mass is 9.86. The van der Waals surface area contributed by atoms with Crippen LogP contribution in [0.15, 0.2) is 42.5 Å². The third kappa shape index (κ3) is 2.66. The number of rotatable bonds is 4. The summed E-state index contributed by atoms with van der Waals surface area (Å²) in [6, 6.07) is 11.6. The molecule has 0 saturated carbocycles. The maximum Gasteiger partial charge on any atom is 0.259 e. The van der Waals surface area contributed by atoms with Crippen molar-refractivity contribution in [1.29, 1.82) is 5.41 Å². The van der Waals surface area contributed by atoms with E-state index >= 15 is 0 Å². The first-order valence-electron chi connectivity index (χ1n) is 7.08. The first kappa shape index (κ1) is 14.8. The molecule has 1 unspecified atom stereocenters. The molecule has 0 radical (unpaired) electrons. The minimum absolute atomic E-state index is 0.0846. The predicted octanol–water partition coefficient (Wildman–Crippen LogP) is 1.54. The van der Waals surface area contributed by atoms with Crippen LogP contribution >= 0.6 is 0 Å². The van der Waals surface area contributed by atoms with Crippen LogP contribution in [0.3, 0.4) is 0 Å². The molecule has 0 fully saturated rings. The van der Waals surface area contributed by atoms with Gasteiger partial charge >= 0.3 is 0 Å². The van der Waals surface area contributed by atoms with E-state index in [-0.39, 0.29) is 17.1 Å². The zero-order valence-electron chi connectivity index (χ0n) is 12.2. The highest BCUT2D eigenvalue weighted by molar-refractivity contribution is 6.22. The summed E-state index contributed by atoms with van der Waals surface area (Å²) in [5.41, 5.74) is 7.76. The molecule has 5 N–H and O–H groups in total. The minimum Gasteiger partial charge on any atom is -0.508 e. The fourth-order valence-electron chi connectivity index (χ4n) is 2.79. The zero-order chi connectivity index (χ0) is 16.6. The van der Waals surface area contributed by atoms with Crippen molar-refractivity contribution in [2.24, 2.45) is 5.73 Å². The molecule has 2 aromatic rings. The van der Waals surface area contributed by atoms with Crippen LogP contribution in [0.1, 0.15) is 37.8 Å². The highest BCUT2D eigenvalue weighted by Crippen LogP contribution is 2.29. The molecule has 116 valence electrons. The van der Waals surface area contributed by atoms with Gasteiger partial charge in [0.1, 0.15) is 5.75 Å². The molecule has 1 aliphatic rings. The average Bonchev–Trinajstić information content (AvgIpc) is 2.81. The van der Waals surface area contributed by atoms with Gasteiger partial charge in [-0.25, -0.2) is 0 Å². The van der Waals surface area contributed by atoms with E-state index in [1.54, 1.807) is 42.5 Å². The Morgan fingerprint density at radius 2 is 1.83 bits per heavy atom. The summed E-state index contributed by atoms with van der Waals surface area (Å²) < 4.78 is 0. The van der Waals surface area contributed by atoms with Crippen LogP contribution in [0, 0.1) is 5.41 Å². The molecule has 1 heterocycles. The van der Waals surface area contributed by atoms with E-state index in [1.807, 2.05) is 0 Å². The van der Waals surface area contributed by atoms with Crippen molar-refractivity contribution in [3.05, 3.63) is 64.7 Å². The van der Waals surface area contributed by atoms with Crippen LogP contribution in [0.25, 0.3) is 0 Å². The summed E-state index contributed by atoms with van der Waals surface area (Å²) >= 11 is 0. The van der Waals surface area contributed by atoms with Crippen LogP contribution < -0.4 is 11.1 Å². The van der Waals surface area contributed by atoms with Crippen molar-refractivity contribution in [3.63, 3.8) is 0 Å². The van der Waals surface area contributed by atoms with Gasteiger partial charge in [0.2, 0.25) is 0 Å². The van der Waals surface area contributed by atoms with Crippen LogP contribution in [-0.2, 0) is 6.42 Å². The Bertz CT molecular complexity index is 812. The molecule has 2 amide bonds. The van der Waals surface area contributed by atoms with Gasteiger partial charge < -0.3 is 10.8 Å². The number of benzene rings is 2. The van der Waals surface area contributed by atoms with Gasteiger partial charge in [0.05, 0.1) is 17.0 Å². The third-order valence-electron chi connectivity index (χ3n) is 3.92. The Balaban J connectivity index is 2.03. The molecule has 2 aromatic carbocycles. The molecular formula is C17H15N3O3. The molecular weight excluding hydrogens is 294 g/mol. The lowest BCUT2D eigenvalue weighted by molar-refractivity contribution is 0.0879. The topological polar surface area (TPSA) is 116 Å². The number of imide groups is 1. The van der Waals surface area contributed by atoms with Crippen LogP contribution in [0.2, 0.25) is 0 Å². The van der Waals surface area contributed by atoms with Crippen LogP contribution in [0.5, 0.6) is 5.75 Å². The number of phenolic OH excluding ortho intramolecular Hbond substituents is 1. The lowest BCUT2D eigenvalue weighted by Crippen LogP contribution is -2.25. The second-order valence-corrected chi connectivity index (χ2v) is 5.43. The second-order valence-electron chi connectivity index (χ2n) is 5.43. The maximum atomic E-state index is 12.0. The molecule has 0 bridgehead atoms. The van der Waals surface area contributed by atoms with Gasteiger partial charge in [-0.15, -0.1) is 0 Å². The fraction of sp³-hybridized carbons (Fsp3) is 0.118. The zero-order valence-corrected chi connectivity index (χ0v) is 12.2. The summed E-state index contributed by atoms with van der Waals surface area (Å²) in [6.45, 7) is 0. The summed E-state index contributed by atoms with van der Waals surface area (Å²) in [7, 11) is 0. The first-order chi connectivity index (χ1) is 11.0. The first-order valence-corrected chi connectivity index (χ1v) is 7.08. The molecule has 6 nitrogen and oxygen atoms in total. The Labute approximate surface area is 132 Å². The Morgan fingerprint density at radius 3 is 2.48 bits per heavy atom. The number of amides is 2. The third-order valence-corrected chi connectivity index (χ3v) is 3.92. The number of phenols is 1. The van der Waals surface area contributed by atoms with E-state index in [2.05, 4.69) is 5.32 Å². The SMILES string of the molecule is N=C(N)C(Cc1ccc(O)cc1)c1cccc2c1C(=O)NC2=O. The molecule has 1 aliphatic heterocycles. The average molecular weight is 309 g/mol. The monoisotopic (exact) mass is 309 g/mol. The van der Waals surface area contributed by atoms with Gasteiger partial charge in [0.15, 0.2) is 0 Å². The molecule has 0 spiro atoms. The molecule has 0 aliphatic carbocycles. The van der Waals surface area contributed by atoms with Crippen molar-refractivity contribution in [2.75, 3.05) is 0 Å². The van der Waals surface area contributed by atoms with Crippen LogP contribution in [-0.4, -0.2) is 22.8 Å². The summed E-state index contributed by atoms with van der Waals surface area (Å²) in [6.07, 6.45) is 0.396. The van der Waals surface area contributed by atoms with E-state index in [9.17, 15) is 14.7 Å². The minimum atomic E-state index is -0.522. The largest absolute Gasteiger partial charge is 0.508 e. The molecule has 1 atom stereocenters. The van der Waals surface area contributed by atoms with Gasteiger partial charge in [0, 0.05) is 5.92 Å². The molecule has 23 heavy (non-hydrogen) atoms. The highest BCUT2D eigenvalue weighted by Gasteiger charge is 2.32. The number of aromatic hydroxyl groups is 1. The van der Waals surface area contributed by atoms with E-state index in [4.69, 9.17) is 11.1 Å². The number of carbonyl (C=O) groups excluding carboxylic acids is 2. The maximum absolute atomic E-state index is 12.0. The standard InChI is InChI=1S/C17H15N3O3/c18-15(19)13(8-9-4-6-10(21)7-5-9)11-2-1-3-12-14(11)17(23)20-16(12)22/h1-7,13,21H,8H2,(H3,18,19)(H,20,22,23). The van der Waals surface area contributed by atoms with Crippen LogP contribution in [0.4, 0.5) is 0 Å². The van der Waals surface area contributed by atoms with E-state index in [1.165, 1.54) is 0 Å². The fourth-order valence-corrected chi connectivity index (χ4v) is 2.79. The molecule has 0 saturated heterocycles. The summed E-state index contributed by atoms with van der Waals surface area (Å²) in [4.78, 5) is 23.8. The molecule has 0 aromatic heterocycles. The van der Waals surface area contributed by atoms with Gasteiger partial charge in [-0.1, -0.05) is 24.3 Å². The molecule has 6 heteroatoms. The number of nitrogens with one attached hydrogen (secondary N) is 2. The van der Waals surface area contributed by atoms with Gasteiger partial charge in [-0.2, -0.15) is 0 Å². The van der Waals surface area contributed by atoms with Crippen molar-refractivity contribution >= 4 is 17.6 Å². The Hall–Kier alpha value is -3.15. The Morgan fingerprint density at radius 1 is 1.13 bits per heavy atom. The van der Waals surface area contributed by atoms with Gasteiger partial charge in [0.25, 0.3) is 11.8 Å². The highest BCUT2D eigenvalue weighted by atomic mass is 16.3. The lowest BCUT2D eigenvalue weighted by Gasteiger charge is -2.18. The summed E-state index contributed by atoms with van der Waals surface area (Å²) in [5.74, 6) is -1.35. The quantitative estimate of drug-likeness (QED) is 0.389. The molecule has 3 rings (SSSR count). The summed E-state index contributed by atoms with van der Waals surface area (Å²) in [5, 5.41) is 19.5. The number of amidine groups is 1. The Kier molecular flexibility index (Phi) is 3.57. The number of fused-ring (bicyclic) bond motifs is 1. The predicted molar refractivity (Wildman–Crippen MR) is 84.7 cm³/mol. The number of carbonyl (C=O) groups is 2. The van der Waals surface area contributed by atoms with E-state index < -0.39 is 17.7 Å². The van der Waals surface area contributed by atoms with Crippen molar-refractivity contribution in [1.82, 2.24) is 5.32 Å². The number of hydrogen-bond acceptors (Lipinski definition) is 4. The number of hydrogen-bond donors (Lipinski definition) is 4. The normalized spacial score (nSPS) is 14.3. The van der Waals surface area contributed by atoms with Crippen molar-refractivity contribution in [3.8, 4) is 5.75 Å². The van der Waals surface area contributed by atoms with E-state index in [0.717, 1.165) is 5.56 Å². The smallest absolute Gasteiger partial charge is 0.259 e.